The largest absolute Gasteiger partial charge is 0.393 e. The van der Waals surface area contributed by atoms with Gasteiger partial charge in [0.05, 0.1) is 22.0 Å². The first-order chi connectivity index (χ1) is 14.2. The number of hydrogen-bond acceptors (Lipinski definition) is 7. The zero-order chi connectivity index (χ0) is 21.9. The number of nitrogens with zero attached hydrogens (tertiary/aromatic N) is 2. The van der Waals surface area contributed by atoms with Crippen molar-refractivity contribution in [2.24, 2.45) is 0 Å². The molecule has 0 amide bonds. The molecule has 9 heteroatoms. The lowest BCUT2D eigenvalue weighted by Crippen LogP contribution is -2.43. The third-order valence-electron chi connectivity index (χ3n) is 4.96. The summed E-state index contributed by atoms with van der Waals surface area (Å²) in [6.45, 7) is 1.67. The van der Waals surface area contributed by atoms with Gasteiger partial charge in [-0.15, -0.1) is 0 Å². The normalized spacial score (nSPS) is 12.2. The maximum absolute atomic E-state index is 11.8. The minimum absolute atomic E-state index is 0.0270. The van der Waals surface area contributed by atoms with Crippen LogP contribution in [0.15, 0.2) is 72.8 Å². The van der Waals surface area contributed by atoms with Crippen LogP contribution in [0, 0.1) is 20.2 Å². The highest BCUT2D eigenvalue weighted by atomic mass is 16.6. The molecule has 0 aliphatic rings. The molecule has 0 aromatic heterocycles. The summed E-state index contributed by atoms with van der Waals surface area (Å²) < 4.78 is 0. The van der Waals surface area contributed by atoms with E-state index in [9.17, 15) is 25.3 Å². The van der Waals surface area contributed by atoms with E-state index in [4.69, 9.17) is 5.73 Å². The van der Waals surface area contributed by atoms with Crippen LogP contribution in [-0.2, 0) is 5.60 Å². The molecular formula is C21H20N4O5. The summed E-state index contributed by atoms with van der Waals surface area (Å²) in [6, 6.07) is 19.0. The van der Waals surface area contributed by atoms with Crippen molar-refractivity contribution >= 4 is 22.7 Å². The van der Waals surface area contributed by atoms with E-state index in [2.05, 4.69) is 5.32 Å². The number of nitrogen functional groups attached to an aromatic ring is 1. The Morgan fingerprint density at radius 3 is 1.80 bits per heavy atom. The summed E-state index contributed by atoms with van der Waals surface area (Å²) in [5.41, 5.74) is 4.03. The lowest BCUT2D eigenvalue weighted by atomic mass is 9.80. The van der Waals surface area contributed by atoms with Crippen LogP contribution in [0.4, 0.5) is 22.7 Å². The highest BCUT2D eigenvalue weighted by Gasteiger charge is 2.39. The molecule has 3 aromatic rings. The molecule has 0 aliphatic carbocycles. The average molecular weight is 408 g/mol. The van der Waals surface area contributed by atoms with Crippen molar-refractivity contribution in [3.63, 3.8) is 0 Å². The Balaban J connectivity index is 2.10. The van der Waals surface area contributed by atoms with Crippen molar-refractivity contribution in [2.45, 2.75) is 18.6 Å². The standard InChI is InChI=1S/C21H20N4O5/c1-14(23-18-12-17(22)19(24(27)28)13-20(18)25(29)30)21(26,15-8-4-2-5-9-15)16-10-6-3-7-11-16/h2-14,23,26H,22H2,1H3/t14-/m0/s1. The molecule has 0 heterocycles. The molecule has 3 aromatic carbocycles. The number of hydrogen-bond donors (Lipinski definition) is 3. The summed E-state index contributed by atoms with van der Waals surface area (Å²) in [5.74, 6) is 0. The van der Waals surface area contributed by atoms with Crippen molar-refractivity contribution in [3.8, 4) is 0 Å². The minimum Gasteiger partial charge on any atom is -0.393 e. The first-order valence-electron chi connectivity index (χ1n) is 9.07. The van der Waals surface area contributed by atoms with Crippen LogP contribution in [-0.4, -0.2) is 21.0 Å². The van der Waals surface area contributed by atoms with Gasteiger partial charge in [0.15, 0.2) is 0 Å². The number of aliphatic hydroxyl groups is 1. The number of nitrogens with two attached hydrogens (primary N) is 1. The molecule has 9 nitrogen and oxygen atoms in total. The van der Waals surface area contributed by atoms with E-state index < -0.39 is 32.9 Å². The highest BCUT2D eigenvalue weighted by Crippen LogP contribution is 2.39. The summed E-state index contributed by atoms with van der Waals surface area (Å²) in [7, 11) is 0. The van der Waals surface area contributed by atoms with Gasteiger partial charge in [-0.25, -0.2) is 0 Å². The van der Waals surface area contributed by atoms with Crippen LogP contribution >= 0.6 is 0 Å². The van der Waals surface area contributed by atoms with Gasteiger partial charge in [0.25, 0.3) is 11.4 Å². The molecule has 4 N–H and O–H groups in total. The molecular weight excluding hydrogens is 388 g/mol. The van der Waals surface area contributed by atoms with E-state index in [1.54, 1.807) is 55.5 Å². The molecule has 0 saturated heterocycles. The maximum atomic E-state index is 11.8. The van der Waals surface area contributed by atoms with E-state index in [1.165, 1.54) is 0 Å². The first kappa shape index (κ1) is 20.7. The number of nitrogens with one attached hydrogen (secondary N) is 1. The second-order valence-electron chi connectivity index (χ2n) is 6.81. The molecule has 0 saturated carbocycles. The highest BCUT2D eigenvalue weighted by molar-refractivity contribution is 5.75. The third-order valence-corrected chi connectivity index (χ3v) is 4.96. The van der Waals surface area contributed by atoms with E-state index in [-0.39, 0.29) is 11.4 Å². The van der Waals surface area contributed by atoms with Crippen molar-refractivity contribution < 1.29 is 15.0 Å². The monoisotopic (exact) mass is 408 g/mol. The van der Waals surface area contributed by atoms with Crippen LogP contribution in [0.5, 0.6) is 0 Å². The smallest absolute Gasteiger partial charge is 0.299 e. The van der Waals surface area contributed by atoms with Crippen molar-refractivity contribution in [1.82, 2.24) is 0 Å². The van der Waals surface area contributed by atoms with Gasteiger partial charge in [-0.3, -0.25) is 20.2 Å². The molecule has 0 radical (unpaired) electrons. The number of nitro groups is 2. The van der Waals surface area contributed by atoms with Crippen LogP contribution in [0.1, 0.15) is 18.1 Å². The Morgan fingerprint density at radius 1 is 0.900 bits per heavy atom. The van der Waals surface area contributed by atoms with Crippen LogP contribution in [0.2, 0.25) is 0 Å². The number of nitro benzene ring substituents is 2. The molecule has 0 bridgehead atoms. The van der Waals surface area contributed by atoms with Gasteiger partial charge in [-0.05, 0) is 24.1 Å². The Hall–Kier alpha value is -3.98. The predicted octanol–water partition coefficient (Wildman–Crippen LogP) is 3.82. The fourth-order valence-electron chi connectivity index (χ4n) is 3.41. The van der Waals surface area contributed by atoms with Crippen LogP contribution < -0.4 is 11.1 Å². The second kappa shape index (κ2) is 8.18. The molecule has 1 atom stereocenters. The average Bonchev–Trinajstić information content (AvgIpc) is 2.74. The third kappa shape index (κ3) is 3.78. The van der Waals surface area contributed by atoms with Gasteiger partial charge in [0, 0.05) is 0 Å². The fraction of sp³-hybridized carbons (Fsp3) is 0.143. The van der Waals surface area contributed by atoms with Gasteiger partial charge in [-0.1, -0.05) is 60.7 Å². The van der Waals surface area contributed by atoms with Crippen molar-refractivity contribution in [3.05, 3.63) is 104 Å². The molecule has 0 fully saturated rings. The van der Waals surface area contributed by atoms with Crippen molar-refractivity contribution in [1.29, 1.82) is 0 Å². The molecule has 30 heavy (non-hydrogen) atoms. The van der Waals surface area contributed by atoms with E-state index in [1.807, 2.05) is 12.1 Å². The number of anilines is 2. The summed E-state index contributed by atoms with van der Waals surface area (Å²) in [6.07, 6.45) is 0. The van der Waals surface area contributed by atoms with Crippen LogP contribution in [0.3, 0.4) is 0 Å². The SMILES string of the molecule is C[C@H](Nc1cc(N)c([N+](=O)[O-])cc1[N+](=O)[O-])C(O)(c1ccccc1)c1ccccc1. The second-order valence-corrected chi connectivity index (χ2v) is 6.81. The molecule has 0 aliphatic heterocycles. The Morgan fingerprint density at radius 2 is 1.37 bits per heavy atom. The summed E-state index contributed by atoms with van der Waals surface area (Å²) in [5, 5.41) is 37.3. The lowest BCUT2D eigenvalue weighted by molar-refractivity contribution is -0.393. The van der Waals surface area contributed by atoms with E-state index in [0.29, 0.717) is 11.1 Å². The molecule has 0 spiro atoms. The maximum Gasteiger partial charge on any atom is 0.299 e. The quantitative estimate of drug-likeness (QED) is 0.306. The molecule has 154 valence electrons. The predicted molar refractivity (Wildman–Crippen MR) is 113 cm³/mol. The minimum atomic E-state index is -1.55. The van der Waals surface area contributed by atoms with E-state index in [0.717, 1.165) is 12.1 Å². The zero-order valence-electron chi connectivity index (χ0n) is 16.1. The van der Waals surface area contributed by atoms with Gasteiger partial charge in [-0.2, -0.15) is 0 Å². The van der Waals surface area contributed by atoms with Gasteiger partial charge in [0.2, 0.25) is 0 Å². The fourth-order valence-corrected chi connectivity index (χ4v) is 3.41. The van der Waals surface area contributed by atoms with Gasteiger partial charge >= 0.3 is 0 Å². The Labute approximate surface area is 172 Å². The first-order valence-corrected chi connectivity index (χ1v) is 9.07. The number of rotatable bonds is 7. The Kier molecular flexibility index (Phi) is 5.65. The lowest BCUT2D eigenvalue weighted by Gasteiger charge is -2.36. The van der Waals surface area contributed by atoms with E-state index >= 15 is 0 Å². The molecule has 3 rings (SSSR count). The van der Waals surface area contributed by atoms with Crippen LogP contribution in [0.25, 0.3) is 0 Å². The van der Waals surface area contributed by atoms with Crippen molar-refractivity contribution in [2.75, 3.05) is 11.1 Å². The molecule has 0 unspecified atom stereocenters. The topological polar surface area (TPSA) is 145 Å². The zero-order valence-corrected chi connectivity index (χ0v) is 16.1. The van der Waals surface area contributed by atoms with Gasteiger partial charge in [0.1, 0.15) is 17.0 Å². The van der Waals surface area contributed by atoms with Gasteiger partial charge < -0.3 is 16.2 Å². The summed E-state index contributed by atoms with van der Waals surface area (Å²) >= 11 is 0. The number of benzene rings is 3. The summed E-state index contributed by atoms with van der Waals surface area (Å²) in [4.78, 5) is 21.1. The Bertz CT molecular complexity index is 1030.